The van der Waals surface area contributed by atoms with Crippen molar-refractivity contribution >= 4 is 47.0 Å². The van der Waals surface area contributed by atoms with Gasteiger partial charge < -0.3 is 5.32 Å². The molecule has 2 rings (SSSR count). The van der Waals surface area contributed by atoms with Crippen LogP contribution in [-0.4, -0.2) is 18.2 Å². The van der Waals surface area contributed by atoms with Crippen LogP contribution in [0.25, 0.3) is 12.2 Å². The highest BCUT2D eigenvalue weighted by Crippen LogP contribution is 2.23. The fourth-order valence-electron chi connectivity index (χ4n) is 2.10. The number of carbonyl (C=O) groups is 2. The van der Waals surface area contributed by atoms with E-state index in [2.05, 4.69) is 5.32 Å². The van der Waals surface area contributed by atoms with E-state index in [0.717, 1.165) is 5.56 Å². The Morgan fingerprint density at radius 3 is 2.36 bits per heavy atom. The highest BCUT2D eigenvalue weighted by atomic mass is 35.5. The monoisotopic (exact) mass is 373 g/mol. The third-order valence-electron chi connectivity index (χ3n) is 3.37. The summed E-state index contributed by atoms with van der Waals surface area (Å²) in [7, 11) is 0. The van der Waals surface area contributed by atoms with Gasteiger partial charge in [-0.2, -0.15) is 0 Å². The van der Waals surface area contributed by atoms with Crippen LogP contribution in [-0.2, 0) is 9.59 Å². The number of rotatable bonds is 6. The maximum absolute atomic E-state index is 12.3. The number of benzene rings is 2. The van der Waals surface area contributed by atoms with Gasteiger partial charge in [0, 0.05) is 6.54 Å². The molecule has 0 heterocycles. The summed E-state index contributed by atoms with van der Waals surface area (Å²) in [5.74, 6) is -0.758. The van der Waals surface area contributed by atoms with Crippen molar-refractivity contribution in [1.82, 2.24) is 5.32 Å². The van der Waals surface area contributed by atoms with E-state index in [1.807, 2.05) is 42.5 Å². The first-order chi connectivity index (χ1) is 12.0. The van der Waals surface area contributed by atoms with Crippen molar-refractivity contribution in [3.8, 4) is 0 Å². The smallest absolute Gasteiger partial charge is 0.255 e. The van der Waals surface area contributed by atoms with Crippen LogP contribution in [0.15, 0.2) is 60.2 Å². The van der Waals surface area contributed by atoms with Crippen LogP contribution in [0.1, 0.15) is 18.1 Å². The van der Waals surface area contributed by atoms with Crippen molar-refractivity contribution in [3.05, 3.63) is 81.4 Å². The van der Waals surface area contributed by atoms with Crippen LogP contribution in [0.3, 0.4) is 0 Å². The lowest BCUT2D eigenvalue weighted by Gasteiger charge is -2.05. The predicted octanol–water partition coefficient (Wildman–Crippen LogP) is 4.80. The number of halogens is 2. The fraction of sp³-hybridized carbons (Fsp3) is 0.100. The fourth-order valence-corrected chi connectivity index (χ4v) is 2.41. The summed E-state index contributed by atoms with van der Waals surface area (Å²) in [5, 5.41) is 3.49. The van der Waals surface area contributed by atoms with E-state index >= 15 is 0 Å². The second kappa shape index (κ2) is 9.21. The number of hydrogen-bond donors (Lipinski definition) is 1. The van der Waals surface area contributed by atoms with Crippen molar-refractivity contribution in [1.29, 1.82) is 0 Å². The number of amides is 1. The Morgan fingerprint density at radius 2 is 1.72 bits per heavy atom. The molecule has 0 aliphatic heterocycles. The van der Waals surface area contributed by atoms with Gasteiger partial charge in [-0.3, -0.25) is 9.59 Å². The summed E-state index contributed by atoms with van der Waals surface area (Å²) in [6.45, 7) is 1.67. The molecule has 1 amide bonds. The molecule has 128 valence electrons. The second-order valence-electron chi connectivity index (χ2n) is 5.31. The highest BCUT2D eigenvalue weighted by Gasteiger charge is 2.13. The summed E-state index contributed by atoms with van der Waals surface area (Å²) >= 11 is 11.8. The molecular weight excluding hydrogens is 357 g/mol. The maximum Gasteiger partial charge on any atom is 0.255 e. The molecule has 0 spiro atoms. The van der Waals surface area contributed by atoms with Crippen LogP contribution in [0, 0.1) is 0 Å². The Labute approximate surface area is 157 Å². The van der Waals surface area contributed by atoms with Crippen LogP contribution in [0.4, 0.5) is 0 Å². The molecule has 0 aliphatic carbocycles. The molecule has 0 saturated heterocycles. The summed E-state index contributed by atoms with van der Waals surface area (Å²) in [6, 6.07) is 14.7. The van der Waals surface area contributed by atoms with Crippen LogP contribution in [0.5, 0.6) is 0 Å². The Hall–Kier alpha value is -2.36. The van der Waals surface area contributed by atoms with Gasteiger partial charge in [-0.15, -0.1) is 0 Å². The Kier molecular flexibility index (Phi) is 6.99. The van der Waals surface area contributed by atoms with Gasteiger partial charge in [0.25, 0.3) is 5.91 Å². The molecular formula is C20H17Cl2NO2. The molecule has 25 heavy (non-hydrogen) atoms. The summed E-state index contributed by atoms with van der Waals surface area (Å²) in [5.41, 5.74) is 1.73. The normalized spacial score (nSPS) is 11.6. The SMILES string of the molecule is CC(=O)C(=Cc1ccc(Cl)c(Cl)c1)C(=O)NCC=Cc1ccccc1. The average Bonchev–Trinajstić information content (AvgIpc) is 2.60. The van der Waals surface area contributed by atoms with Crippen molar-refractivity contribution in [2.75, 3.05) is 6.54 Å². The number of Topliss-reactive ketones (excluding diaryl/α,β-unsaturated/α-hetero) is 1. The zero-order chi connectivity index (χ0) is 18.2. The van der Waals surface area contributed by atoms with Gasteiger partial charge in [0.15, 0.2) is 5.78 Å². The summed E-state index contributed by atoms with van der Waals surface area (Å²) in [4.78, 5) is 24.0. The van der Waals surface area contributed by atoms with Crippen LogP contribution < -0.4 is 5.32 Å². The van der Waals surface area contributed by atoms with E-state index in [4.69, 9.17) is 23.2 Å². The van der Waals surface area contributed by atoms with Gasteiger partial charge in [-0.25, -0.2) is 0 Å². The quantitative estimate of drug-likeness (QED) is 0.449. The number of carbonyl (C=O) groups excluding carboxylic acids is 2. The molecule has 0 atom stereocenters. The zero-order valence-electron chi connectivity index (χ0n) is 13.6. The number of ketones is 1. The first-order valence-corrected chi connectivity index (χ1v) is 8.40. The van der Waals surface area contributed by atoms with Crippen molar-refractivity contribution in [2.24, 2.45) is 0 Å². The van der Waals surface area contributed by atoms with Gasteiger partial charge >= 0.3 is 0 Å². The van der Waals surface area contributed by atoms with E-state index < -0.39 is 5.91 Å². The van der Waals surface area contributed by atoms with E-state index in [1.54, 1.807) is 18.2 Å². The minimum absolute atomic E-state index is 0.0616. The molecule has 2 aromatic rings. The van der Waals surface area contributed by atoms with E-state index in [-0.39, 0.29) is 11.4 Å². The molecule has 0 fully saturated rings. The number of nitrogens with one attached hydrogen (secondary N) is 1. The van der Waals surface area contributed by atoms with Gasteiger partial charge in [0.2, 0.25) is 0 Å². The molecule has 0 saturated carbocycles. The standard InChI is InChI=1S/C20H17Cl2NO2/c1-14(24)17(12-16-9-10-18(21)19(22)13-16)20(25)23-11-5-8-15-6-3-2-4-7-15/h2-10,12-13H,11H2,1H3,(H,23,25). The van der Waals surface area contributed by atoms with Gasteiger partial charge in [0.1, 0.15) is 0 Å². The van der Waals surface area contributed by atoms with Crippen molar-refractivity contribution in [2.45, 2.75) is 6.92 Å². The van der Waals surface area contributed by atoms with E-state index in [1.165, 1.54) is 13.0 Å². The first-order valence-electron chi connectivity index (χ1n) is 7.65. The molecule has 0 radical (unpaired) electrons. The van der Waals surface area contributed by atoms with E-state index in [0.29, 0.717) is 22.2 Å². The molecule has 0 aromatic heterocycles. The summed E-state index contributed by atoms with van der Waals surface area (Å²) in [6.07, 6.45) is 5.22. The van der Waals surface area contributed by atoms with Gasteiger partial charge in [-0.05, 0) is 36.3 Å². The average molecular weight is 374 g/mol. The second-order valence-corrected chi connectivity index (χ2v) is 6.13. The van der Waals surface area contributed by atoms with Crippen molar-refractivity contribution in [3.63, 3.8) is 0 Å². The Morgan fingerprint density at radius 1 is 1.00 bits per heavy atom. The lowest BCUT2D eigenvalue weighted by Crippen LogP contribution is -2.27. The largest absolute Gasteiger partial charge is 0.348 e. The molecule has 3 nitrogen and oxygen atoms in total. The minimum atomic E-state index is -0.434. The van der Waals surface area contributed by atoms with Crippen molar-refractivity contribution < 1.29 is 9.59 Å². The Balaban J connectivity index is 2.05. The molecule has 5 heteroatoms. The van der Waals surface area contributed by atoms with Crippen LogP contribution in [0.2, 0.25) is 10.0 Å². The zero-order valence-corrected chi connectivity index (χ0v) is 15.1. The van der Waals surface area contributed by atoms with Gasteiger partial charge in [0.05, 0.1) is 15.6 Å². The third kappa shape index (κ3) is 5.89. The molecule has 2 aromatic carbocycles. The number of hydrogen-bond acceptors (Lipinski definition) is 2. The highest BCUT2D eigenvalue weighted by molar-refractivity contribution is 6.42. The van der Waals surface area contributed by atoms with E-state index in [9.17, 15) is 9.59 Å². The molecule has 0 bridgehead atoms. The topological polar surface area (TPSA) is 46.2 Å². The molecule has 0 unspecified atom stereocenters. The molecule has 1 N–H and O–H groups in total. The lowest BCUT2D eigenvalue weighted by molar-refractivity contribution is -0.121. The third-order valence-corrected chi connectivity index (χ3v) is 4.11. The maximum atomic E-state index is 12.3. The predicted molar refractivity (Wildman–Crippen MR) is 104 cm³/mol. The minimum Gasteiger partial charge on any atom is -0.348 e. The van der Waals surface area contributed by atoms with Gasteiger partial charge in [-0.1, -0.05) is 71.8 Å². The van der Waals surface area contributed by atoms with Crippen LogP contribution >= 0.6 is 23.2 Å². The lowest BCUT2D eigenvalue weighted by atomic mass is 10.1. The first kappa shape index (κ1) is 19.0. The summed E-state index contributed by atoms with van der Waals surface area (Å²) < 4.78 is 0. The Bertz CT molecular complexity index is 827. The molecule has 0 aliphatic rings.